The second-order valence-corrected chi connectivity index (χ2v) is 6.95. The van der Waals surface area contributed by atoms with E-state index in [-0.39, 0.29) is 11.8 Å². The van der Waals surface area contributed by atoms with E-state index in [0.717, 1.165) is 37.6 Å². The number of hydrogen-bond donors (Lipinski definition) is 2. The third kappa shape index (κ3) is 4.05. The van der Waals surface area contributed by atoms with Gasteiger partial charge in [0, 0.05) is 12.5 Å². The van der Waals surface area contributed by atoms with E-state index in [0.29, 0.717) is 12.5 Å². The number of carbonyl (C=O) groups excluding carboxylic acids is 1. The highest BCUT2D eigenvalue weighted by Crippen LogP contribution is 2.47. The zero-order chi connectivity index (χ0) is 16.2. The first kappa shape index (κ1) is 16.3. The molecule has 1 heterocycles. The first-order valence-electron chi connectivity index (χ1n) is 8.81. The fourth-order valence-electron chi connectivity index (χ4n) is 3.86. The van der Waals surface area contributed by atoms with Crippen LogP contribution in [0, 0.1) is 24.7 Å². The molecule has 1 aromatic carbocycles. The van der Waals surface area contributed by atoms with Crippen LogP contribution >= 0.6 is 0 Å². The highest BCUT2D eigenvalue weighted by molar-refractivity contribution is 5.81. The van der Waals surface area contributed by atoms with Gasteiger partial charge in [-0.25, -0.2) is 0 Å². The van der Waals surface area contributed by atoms with Crippen molar-refractivity contribution >= 4 is 5.91 Å². The molecule has 0 spiro atoms. The lowest BCUT2D eigenvalue weighted by Gasteiger charge is -2.22. The van der Waals surface area contributed by atoms with E-state index < -0.39 is 0 Å². The van der Waals surface area contributed by atoms with Crippen molar-refractivity contribution in [3.8, 4) is 5.75 Å². The smallest absolute Gasteiger partial charge is 0.223 e. The summed E-state index contributed by atoms with van der Waals surface area (Å²) in [5.74, 6) is 2.80. The molecule has 4 nitrogen and oxygen atoms in total. The number of methoxy groups -OCH3 is 1. The van der Waals surface area contributed by atoms with Crippen LogP contribution in [0.5, 0.6) is 5.75 Å². The maximum atomic E-state index is 12.3. The largest absolute Gasteiger partial charge is 0.496 e. The maximum absolute atomic E-state index is 12.3. The molecule has 1 aliphatic heterocycles. The van der Waals surface area contributed by atoms with Crippen LogP contribution in [-0.4, -0.2) is 32.7 Å². The van der Waals surface area contributed by atoms with Crippen LogP contribution in [0.15, 0.2) is 18.2 Å². The summed E-state index contributed by atoms with van der Waals surface area (Å²) in [5, 5.41) is 6.52. The Kier molecular flexibility index (Phi) is 5.21. The molecule has 23 heavy (non-hydrogen) atoms. The van der Waals surface area contributed by atoms with Crippen molar-refractivity contribution < 1.29 is 9.53 Å². The van der Waals surface area contributed by atoms with E-state index in [1.807, 2.05) is 6.07 Å². The van der Waals surface area contributed by atoms with Crippen LogP contribution in [0.1, 0.15) is 30.4 Å². The monoisotopic (exact) mass is 316 g/mol. The standard InChI is InChI=1S/C19H28N2O2/c1-13-3-4-18(23-2)15(11-13)7-10-21-19(22)17-12-16(17)14-5-8-20-9-6-14/h3-4,11,14,16-17,20H,5-10,12H2,1-2H3,(H,21,22)/t16-,17+/m0/s1. The van der Waals surface area contributed by atoms with Crippen LogP contribution in [0.2, 0.25) is 0 Å². The Labute approximate surface area is 139 Å². The first-order valence-corrected chi connectivity index (χ1v) is 8.81. The number of nitrogens with one attached hydrogen (secondary N) is 2. The lowest BCUT2D eigenvalue weighted by Crippen LogP contribution is -2.31. The lowest BCUT2D eigenvalue weighted by molar-refractivity contribution is -0.122. The quantitative estimate of drug-likeness (QED) is 0.847. The molecule has 2 N–H and O–H groups in total. The van der Waals surface area contributed by atoms with E-state index in [4.69, 9.17) is 4.74 Å². The molecule has 126 valence electrons. The average Bonchev–Trinajstić information content (AvgIpc) is 3.36. The summed E-state index contributed by atoms with van der Waals surface area (Å²) in [4.78, 5) is 12.3. The highest BCUT2D eigenvalue weighted by atomic mass is 16.5. The van der Waals surface area contributed by atoms with E-state index in [9.17, 15) is 4.79 Å². The second kappa shape index (κ2) is 7.35. The van der Waals surface area contributed by atoms with Crippen molar-refractivity contribution in [3.63, 3.8) is 0 Å². The number of carbonyl (C=O) groups is 1. The summed E-state index contributed by atoms with van der Waals surface area (Å²) in [6.45, 7) is 4.99. The minimum absolute atomic E-state index is 0.250. The fourth-order valence-corrected chi connectivity index (χ4v) is 3.86. The fraction of sp³-hybridized carbons (Fsp3) is 0.632. The molecule has 1 saturated carbocycles. The molecule has 2 aliphatic rings. The SMILES string of the molecule is COc1ccc(C)cc1CCNC(=O)[C@@H]1C[C@H]1C1CCNCC1. The molecule has 3 rings (SSSR count). The Morgan fingerprint density at radius 3 is 2.87 bits per heavy atom. The van der Waals surface area contributed by atoms with Gasteiger partial charge in [-0.2, -0.15) is 0 Å². The van der Waals surface area contributed by atoms with Crippen LogP contribution < -0.4 is 15.4 Å². The summed E-state index contributed by atoms with van der Waals surface area (Å²) < 4.78 is 5.40. The molecule has 0 aromatic heterocycles. The van der Waals surface area contributed by atoms with Crippen LogP contribution in [-0.2, 0) is 11.2 Å². The van der Waals surface area contributed by atoms with Crippen LogP contribution in [0.4, 0.5) is 0 Å². The van der Waals surface area contributed by atoms with Gasteiger partial charge >= 0.3 is 0 Å². The van der Waals surface area contributed by atoms with Gasteiger partial charge in [0.2, 0.25) is 5.91 Å². The summed E-state index contributed by atoms with van der Waals surface area (Å²) in [6, 6.07) is 6.19. The van der Waals surface area contributed by atoms with E-state index >= 15 is 0 Å². The van der Waals surface area contributed by atoms with Gasteiger partial charge < -0.3 is 15.4 Å². The molecule has 0 unspecified atom stereocenters. The number of benzene rings is 1. The Balaban J connectivity index is 1.44. The molecule has 1 aromatic rings. The van der Waals surface area contributed by atoms with Crippen molar-refractivity contribution in [2.45, 2.75) is 32.6 Å². The van der Waals surface area contributed by atoms with Gasteiger partial charge in [-0.15, -0.1) is 0 Å². The Bertz CT molecular complexity index is 552. The molecule has 2 atom stereocenters. The van der Waals surface area contributed by atoms with Crippen molar-refractivity contribution in [3.05, 3.63) is 29.3 Å². The topological polar surface area (TPSA) is 50.4 Å². The highest BCUT2D eigenvalue weighted by Gasteiger charge is 2.47. The summed E-state index contributed by atoms with van der Waals surface area (Å²) in [6.07, 6.45) is 4.37. The molecule has 0 bridgehead atoms. The van der Waals surface area contributed by atoms with Crippen molar-refractivity contribution in [1.82, 2.24) is 10.6 Å². The molecular weight excluding hydrogens is 288 g/mol. The summed E-state index contributed by atoms with van der Waals surface area (Å²) in [5.41, 5.74) is 2.39. The molecule has 4 heteroatoms. The predicted molar refractivity (Wildman–Crippen MR) is 91.6 cm³/mol. The lowest BCUT2D eigenvalue weighted by atomic mass is 9.92. The van der Waals surface area contributed by atoms with Gasteiger partial charge in [0.1, 0.15) is 5.75 Å². The first-order chi connectivity index (χ1) is 11.2. The van der Waals surface area contributed by atoms with E-state index in [1.54, 1.807) is 7.11 Å². The Hall–Kier alpha value is -1.55. The van der Waals surface area contributed by atoms with Gasteiger partial charge in [0.25, 0.3) is 0 Å². The number of rotatable bonds is 6. The molecule has 0 radical (unpaired) electrons. The van der Waals surface area contributed by atoms with Gasteiger partial charge in [0.05, 0.1) is 7.11 Å². The third-order valence-electron chi connectivity index (χ3n) is 5.30. The van der Waals surface area contributed by atoms with E-state index in [2.05, 4.69) is 29.7 Å². The number of piperidine rings is 1. The molecule has 2 fully saturated rings. The van der Waals surface area contributed by atoms with Crippen molar-refractivity contribution in [1.29, 1.82) is 0 Å². The number of aryl methyl sites for hydroxylation is 1. The molecule has 1 amide bonds. The minimum Gasteiger partial charge on any atom is -0.496 e. The number of hydrogen-bond acceptors (Lipinski definition) is 3. The average molecular weight is 316 g/mol. The van der Waals surface area contributed by atoms with Crippen LogP contribution in [0.25, 0.3) is 0 Å². The van der Waals surface area contributed by atoms with Gasteiger partial charge in [-0.05, 0) is 69.2 Å². The number of amides is 1. The molecule has 1 aliphatic carbocycles. The van der Waals surface area contributed by atoms with Gasteiger partial charge in [-0.1, -0.05) is 17.7 Å². The van der Waals surface area contributed by atoms with Crippen molar-refractivity contribution in [2.75, 3.05) is 26.7 Å². The maximum Gasteiger partial charge on any atom is 0.223 e. The zero-order valence-electron chi connectivity index (χ0n) is 14.2. The summed E-state index contributed by atoms with van der Waals surface area (Å²) in [7, 11) is 1.70. The van der Waals surface area contributed by atoms with Crippen molar-refractivity contribution in [2.24, 2.45) is 17.8 Å². The third-order valence-corrected chi connectivity index (χ3v) is 5.30. The summed E-state index contributed by atoms with van der Waals surface area (Å²) >= 11 is 0. The van der Waals surface area contributed by atoms with Crippen LogP contribution in [0.3, 0.4) is 0 Å². The predicted octanol–water partition coefficient (Wildman–Crippen LogP) is 2.30. The normalized spacial score (nSPS) is 24.3. The minimum atomic E-state index is 0.250. The van der Waals surface area contributed by atoms with Gasteiger partial charge in [0.15, 0.2) is 0 Å². The van der Waals surface area contributed by atoms with Gasteiger partial charge in [-0.3, -0.25) is 4.79 Å². The zero-order valence-corrected chi connectivity index (χ0v) is 14.2. The Morgan fingerprint density at radius 1 is 1.35 bits per heavy atom. The Morgan fingerprint density at radius 2 is 2.13 bits per heavy atom. The number of ether oxygens (including phenoxy) is 1. The second-order valence-electron chi connectivity index (χ2n) is 6.95. The molecule has 1 saturated heterocycles. The van der Waals surface area contributed by atoms with E-state index in [1.165, 1.54) is 24.0 Å². The molecular formula is C19H28N2O2.